The first-order valence-electron chi connectivity index (χ1n) is 5.90. The number of nitrogens with zero attached hydrogens (tertiary/aromatic N) is 2. The number of rotatable bonds is 3. The lowest BCUT2D eigenvalue weighted by Crippen LogP contribution is -2.01. The molecule has 1 aliphatic carbocycles. The molecule has 0 atom stereocenters. The highest BCUT2D eigenvalue weighted by atomic mass is 32.2. The standard InChI is InChI=1S/C13H18N2S/c1-16-13(9-11-5-2-3-6-11)15-12-7-4-8-14-10-12/h4,7-8,10-11H,2-3,5-6,9H2,1H3. The Balaban J connectivity index is 2.01. The third-order valence-electron chi connectivity index (χ3n) is 3.07. The van der Waals surface area contributed by atoms with Gasteiger partial charge in [0.25, 0.3) is 0 Å². The molecule has 86 valence electrons. The summed E-state index contributed by atoms with van der Waals surface area (Å²) in [5.41, 5.74) is 0.977. The first kappa shape index (κ1) is 11.6. The maximum Gasteiger partial charge on any atom is 0.0822 e. The Kier molecular flexibility index (Phi) is 4.40. The molecule has 0 aliphatic heterocycles. The average Bonchev–Trinajstić information content (AvgIpc) is 2.82. The van der Waals surface area contributed by atoms with Crippen molar-refractivity contribution in [3.8, 4) is 0 Å². The molecule has 0 aromatic carbocycles. The number of aliphatic imine (C=N–C) groups is 1. The zero-order chi connectivity index (χ0) is 11.2. The van der Waals surface area contributed by atoms with E-state index in [0.717, 1.165) is 18.0 Å². The van der Waals surface area contributed by atoms with Gasteiger partial charge in [-0.1, -0.05) is 25.7 Å². The predicted molar refractivity (Wildman–Crippen MR) is 71.4 cm³/mol. The second-order valence-electron chi connectivity index (χ2n) is 4.28. The maximum atomic E-state index is 4.66. The molecule has 1 saturated carbocycles. The van der Waals surface area contributed by atoms with Crippen molar-refractivity contribution < 1.29 is 0 Å². The van der Waals surface area contributed by atoms with Gasteiger partial charge >= 0.3 is 0 Å². The van der Waals surface area contributed by atoms with Crippen LogP contribution in [0.2, 0.25) is 0 Å². The van der Waals surface area contributed by atoms with Crippen LogP contribution >= 0.6 is 11.8 Å². The molecule has 0 N–H and O–H groups in total. The summed E-state index contributed by atoms with van der Waals surface area (Å²) in [4.78, 5) is 8.75. The van der Waals surface area contributed by atoms with E-state index >= 15 is 0 Å². The summed E-state index contributed by atoms with van der Waals surface area (Å²) in [7, 11) is 0. The third kappa shape index (κ3) is 3.34. The predicted octanol–water partition coefficient (Wildman–Crippen LogP) is 4.05. The van der Waals surface area contributed by atoms with E-state index < -0.39 is 0 Å². The molecule has 1 aromatic rings. The van der Waals surface area contributed by atoms with E-state index in [1.807, 2.05) is 18.3 Å². The van der Waals surface area contributed by atoms with Crippen molar-refractivity contribution >= 4 is 22.5 Å². The van der Waals surface area contributed by atoms with Gasteiger partial charge in [0.2, 0.25) is 0 Å². The Hall–Kier alpha value is -0.830. The van der Waals surface area contributed by atoms with E-state index in [1.54, 1.807) is 18.0 Å². The molecule has 0 amide bonds. The Bertz CT molecular complexity index is 342. The summed E-state index contributed by atoms with van der Waals surface area (Å²) in [6.07, 6.45) is 12.4. The van der Waals surface area contributed by atoms with Crippen LogP contribution in [-0.4, -0.2) is 16.3 Å². The molecule has 0 saturated heterocycles. The molecule has 0 unspecified atom stereocenters. The lowest BCUT2D eigenvalue weighted by atomic mass is 10.1. The number of hydrogen-bond acceptors (Lipinski definition) is 3. The largest absolute Gasteiger partial charge is 0.262 e. The number of thioether (sulfide) groups is 1. The Morgan fingerprint density at radius 3 is 2.94 bits per heavy atom. The first-order chi connectivity index (χ1) is 7.88. The smallest absolute Gasteiger partial charge is 0.0822 e. The van der Waals surface area contributed by atoms with E-state index in [-0.39, 0.29) is 0 Å². The van der Waals surface area contributed by atoms with Crippen molar-refractivity contribution in [1.82, 2.24) is 4.98 Å². The highest BCUT2D eigenvalue weighted by molar-refractivity contribution is 8.13. The quantitative estimate of drug-likeness (QED) is 0.582. The van der Waals surface area contributed by atoms with Crippen LogP contribution in [-0.2, 0) is 0 Å². The SMILES string of the molecule is CSC(CC1CCCC1)=Nc1cccnc1. The molecule has 3 heteroatoms. The molecule has 0 radical (unpaired) electrons. The second-order valence-corrected chi connectivity index (χ2v) is 5.15. The zero-order valence-electron chi connectivity index (χ0n) is 9.72. The normalized spacial score (nSPS) is 17.9. The van der Waals surface area contributed by atoms with Gasteiger partial charge in [-0.2, -0.15) is 0 Å². The summed E-state index contributed by atoms with van der Waals surface area (Å²) >= 11 is 1.77. The monoisotopic (exact) mass is 234 g/mol. The van der Waals surface area contributed by atoms with Crippen molar-refractivity contribution in [2.45, 2.75) is 32.1 Å². The van der Waals surface area contributed by atoms with Crippen LogP contribution in [0.5, 0.6) is 0 Å². The molecule has 1 aliphatic rings. The van der Waals surface area contributed by atoms with Gasteiger partial charge in [-0.3, -0.25) is 4.98 Å². The van der Waals surface area contributed by atoms with Gasteiger partial charge in [0.05, 0.1) is 16.9 Å². The van der Waals surface area contributed by atoms with Crippen LogP contribution in [0, 0.1) is 5.92 Å². The van der Waals surface area contributed by atoms with Crippen LogP contribution in [0.3, 0.4) is 0 Å². The summed E-state index contributed by atoms with van der Waals surface area (Å²) in [5, 5.41) is 1.25. The summed E-state index contributed by atoms with van der Waals surface area (Å²) in [6, 6.07) is 3.95. The van der Waals surface area contributed by atoms with Gasteiger partial charge in [0, 0.05) is 6.20 Å². The molecule has 0 bridgehead atoms. The van der Waals surface area contributed by atoms with Gasteiger partial charge in [-0.05, 0) is 30.7 Å². The molecule has 16 heavy (non-hydrogen) atoms. The fourth-order valence-electron chi connectivity index (χ4n) is 2.20. The van der Waals surface area contributed by atoms with Gasteiger partial charge in [0.1, 0.15) is 0 Å². The van der Waals surface area contributed by atoms with Crippen molar-refractivity contribution in [2.24, 2.45) is 10.9 Å². The molecule has 1 aromatic heterocycles. The summed E-state index contributed by atoms with van der Waals surface area (Å²) < 4.78 is 0. The number of pyridine rings is 1. The van der Waals surface area contributed by atoms with E-state index in [4.69, 9.17) is 0 Å². The van der Waals surface area contributed by atoms with Crippen molar-refractivity contribution in [3.05, 3.63) is 24.5 Å². The van der Waals surface area contributed by atoms with Gasteiger partial charge in [-0.25, -0.2) is 4.99 Å². The minimum Gasteiger partial charge on any atom is -0.262 e. The molecule has 0 spiro atoms. The Morgan fingerprint density at radius 1 is 1.50 bits per heavy atom. The lowest BCUT2D eigenvalue weighted by Gasteiger charge is -2.09. The minimum atomic E-state index is 0.864. The molecule has 2 nitrogen and oxygen atoms in total. The average molecular weight is 234 g/mol. The molecule has 1 fully saturated rings. The fourth-order valence-corrected chi connectivity index (χ4v) is 2.80. The van der Waals surface area contributed by atoms with Gasteiger partial charge in [-0.15, -0.1) is 11.8 Å². The Labute approximate surface area is 102 Å². The van der Waals surface area contributed by atoms with Gasteiger partial charge < -0.3 is 0 Å². The molecule has 1 heterocycles. The second kappa shape index (κ2) is 6.04. The minimum absolute atomic E-state index is 0.864. The van der Waals surface area contributed by atoms with Crippen molar-refractivity contribution in [2.75, 3.05) is 6.26 Å². The van der Waals surface area contributed by atoms with Crippen LogP contribution in [0.4, 0.5) is 5.69 Å². The summed E-state index contributed by atoms with van der Waals surface area (Å²) in [6.45, 7) is 0. The van der Waals surface area contributed by atoms with Crippen LogP contribution in [0.15, 0.2) is 29.5 Å². The highest BCUT2D eigenvalue weighted by Gasteiger charge is 2.16. The van der Waals surface area contributed by atoms with Crippen molar-refractivity contribution in [3.63, 3.8) is 0 Å². The third-order valence-corrected chi connectivity index (χ3v) is 3.80. The highest BCUT2D eigenvalue weighted by Crippen LogP contribution is 2.30. The molecular weight excluding hydrogens is 216 g/mol. The maximum absolute atomic E-state index is 4.66. The number of aromatic nitrogens is 1. The van der Waals surface area contributed by atoms with Crippen LogP contribution in [0.25, 0.3) is 0 Å². The van der Waals surface area contributed by atoms with Crippen LogP contribution in [0.1, 0.15) is 32.1 Å². The summed E-state index contributed by atoms with van der Waals surface area (Å²) in [5.74, 6) is 0.864. The zero-order valence-corrected chi connectivity index (χ0v) is 10.5. The van der Waals surface area contributed by atoms with Crippen LogP contribution < -0.4 is 0 Å². The molecule has 2 rings (SSSR count). The van der Waals surface area contributed by atoms with E-state index in [9.17, 15) is 0 Å². The Morgan fingerprint density at radius 2 is 2.31 bits per heavy atom. The topological polar surface area (TPSA) is 25.2 Å². The first-order valence-corrected chi connectivity index (χ1v) is 7.12. The van der Waals surface area contributed by atoms with Crippen molar-refractivity contribution in [1.29, 1.82) is 0 Å². The van der Waals surface area contributed by atoms with Gasteiger partial charge in [0.15, 0.2) is 0 Å². The molecular formula is C13H18N2S. The fraction of sp³-hybridized carbons (Fsp3) is 0.538. The van der Waals surface area contributed by atoms with E-state index in [0.29, 0.717) is 0 Å². The van der Waals surface area contributed by atoms with E-state index in [2.05, 4.69) is 16.2 Å². The number of hydrogen-bond donors (Lipinski definition) is 0. The lowest BCUT2D eigenvalue weighted by molar-refractivity contribution is 0.576. The van der Waals surface area contributed by atoms with E-state index in [1.165, 1.54) is 30.7 Å².